The van der Waals surface area contributed by atoms with Crippen molar-refractivity contribution in [2.45, 2.75) is 31.7 Å². The summed E-state index contributed by atoms with van der Waals surface area (Å²) < 4.78 is 13.5. The Bertz CT molecular complexity index is 679. The summed E-state index contributed by atoms with van der Waals surface area (Å²) in [6, 6.07) is 4.99. The summed E-state index contributed by atoms with van der Waals surface area (Å²) in [5.41, 5.74) is 0.472. The predicted molar refractivity (Wildman–Crippen MR) is 88.9 cm³/mol. The Balaban J connectivity index is 1.64. The minimum Gasteiger partial charge on any atom is -0.352 e. The molecule has 2 saturated heterocycles. The molecule has 2 heterocycles. The van der Waals surface area contributed by atoms with Crippen LogP contribution in [-0.4, -0.2) is 53.7 Å². The van der Waals surface area contributed by atoms with Crippen LogP contribution in [0.25, 0.3) is 0 Å². The van der Waals surface area contributed by atoms with Crippen LogP contribution in [0, 0.1) is 5.82 Å². The lowest BCUT2D eigenvalue weighted by atomic mass is 10.0. The first-order valence-electron chi connectivity index (χ1n) is 8.66. The third-order valence-corrected chi connectivity index (χ3v) is 4.69. The Hall–Kier alpha value is -2.44. The normalized spacial score (nSPS) is 20.8. The molecule has 2 aliphatic rings. The van der Waals surface area contributed by atoms with E-state index in [9.17, 15) is 18.8 Å². The number of carbonyl (C=O) groups excluding carboxylic acids is 3. The molecular weight excluding hydrogens is 325 g/mol. The summed E-state index contributed by atoms with van der Waals surface area (Å²) in [4.78, 5) is 39.8. The van der Waals surface area contributed by atoms with Gasteiger partial charge >= 0.3 is 0 Å². The van der Waals surface area contributed by atoms with Gasteiger partial charge in [0.2, 0.25) is 17.7 Å². The molecule has 2 aliphatic heterocycles. The molecule has 25 heavy (non-hydrogen) atoms. The molecule has 0 spiro atoms. The fraction of sp³-hybridized carbons (Fsp3) is 0.500. The van der Waals surface area contributed by atoms with Crippen LogP contribution in [-0.2, 0) is 14.4 Å². The van der Waals surface area contributed by atoms with Crippen LogP contribution in [0.1, 0.15) is 37.3 Å². The van der Waals surface area contributed by atoms with Gasteiger partial charge in [-0.2, -0.15) is 0 Å². The lowest BCUT2D eigenvalue weighted by molar-refractivity contribution is -0.143. The Morgan fingerprint density at radius 1 is 1.28 bits per heavy atom. The van der Waals surface area contributed by atoms with Crippen LogP contribution in [0.4, 0.5) is 4.39 Å². The van der Waals surface area contributed by atoms with E-state index in [4.69, 9.17) is 0 Å². The van der Waals surface area contributed by atoms with E-state index < -0.39 is 11.9 Å². The molecule has 3 amide bonds. The maximum absolute atomic E-state index is 13.5. The summed E-state index contributed by atoms with van der Waals surface area (Å²) in [6.07, 6.45) is 2.30. The number of amides is 3. The van der Waals surface area contributed by atoms with Crippen LogP contribution in [0.5, 0.6) is 0 Å². The highest BCUT2D eigenvalue weighted by molar-refractivity contribution is 5.89. The van der Waals surface area contributed by atoms with Crippen molar-refractivity contribution in [1.29, 1.82) is 0 Å². The fourth-order valence-corrected chi connectivity index (χ4v) is 3.45. The zero-order chi connectivity index (χ0) is 17.8. The maximum Gasteiger partial charge on any atom is 0.247 e. The number of nitrogens with one attached hydrogen (secondary N) is 1. The van der Waals surface area contributed by atoms with E-state index in [1.807, 2.05) is 0 Å². The quantitative estimate of drug-likeness (QED) is 0.871. The number of hydrogen-bond donors (Lipinski definition) is 1. The first-order valence-corrected chi connectivity index (χ1v) is 8.66. The van der Waals surface area contributed by atoms with Gasteiger partial charge in [-0.15, -0.1) is 0 Å². The van der Waals surface area contributed by atoms with Crippen LogP contribution < -0.4 is 5.32 Å². The molecule has 1 unspecified atom stereocenters. The summed E-state index contributed by atoms with van der Waals surface area (Å²) >= 11 is 0. The zero-order valence-corrected chi connectivity index (χ0v) is 14.0. The Kier molecular flexibility index (Phi) is 5.31. The van der Waals surface area contributed by atoms with Gasteiger partial charge in [-0.05, 0) is 30.5 Å². The molecule has 0 aliphatic carbocycles. The topological polar surface area (TPSA) is 69.7 Å². The minimum absolute atomic E-state index is 0.141. The van der Waals surface area contributed by atoms with E-state index in [-0.39, 0.29) is 24.1 Å². The molecule has 6 nitrogen and oxygen atoms in total. The predicted octanol–water partition coefficient (Wildman–Crippen LogP) is 1.23. The van der Waals surface area contributed by atoms with E-state index in [2.05, 4.69) is 5.32 Å². The molecule has 0 radical (unpaired) electrons. The van der Waals surface area contributed by atoms with Crippen molar-refractivity contribution in [2.75, 3.05) is 26.2 Å². The Morgan fingerprint density at radius 2 is 2.12 bits per heavy atom. The first kappa shape index (κ1) is 17.4. The number of rotatable bonds is 5. The van der Waals surface area contributed by atoms with Gasteiger partial charge in [0.05, 0.1) is 0 Å². The molecule has 0 bridgehead atoms. The van der Waals surface area contributed by atoms with Gasteiger partial charge in [0, 0.05) is 39.0 Å². The second kappa shape index (κ2) is 7.63. The van der Waals surface area contributed by atoms with Crippen LogP contribution in [0.15, 0.2) is 24.3 Å². The van der Waals surface area contributed by atoms with Crippen molar-refractivity contribution in [3.8, 4) is 0 Å². The number of likely N-dealkylation sites (tertiary alicyclic amines) is 1. The summed E-state index contributed by atoms with van der Waals surface area (Å²) in [5.74, 6) is -0.728. The van der Waals surface area contributed by atoms with Gasteiger partial charge in [0.15, 0.2) is 0 Å². The monoisotopic (exact) mass is 347 g/mol. The van der Waals surface area contributed by atoms with Crippen molar-refractivity contribution < 1.29 is 18.8 Å². The number of halogens is 1. The Labute approximate surface area is 146 Å². The van der Waals surface area contributed by atoms with Gasteiger partial charge in [-0.3, -0.25) is 14.4 Å². The molecule has 0 saturated carbocycles. The average molecular weight is 347 g/mol. The Morgan fingerprint density at radius 3 is 2.84 bits per heavy atom. The fourth-order valence-electron chi connectivity index (χ4n) is 3.45. The second-order valence-corrected chi connectivity index (χ2v) is 6.42. The number of nitrogens with zero attached hydrogens (tertiary/aromatic N) is 2. The van der Waals surface area contributed by atoms with E-state index in [1.54, 1.807) is 11.0 Å². The minimum atomic E-state index is -0.801. The second-order valence-electron chi connectivity index (χ2n) is 6.42. The summed E-state index contributed by atoms with van der Waals surface area (Å²) in [5, 5.41) is 2.73. The summed E-state index contributed by atoms with van der Waals surface area (Å²) in [6.45, 7) is 2.11. The van der Waals surface area contributed by atoms with Crippen molar-refractivity contribution in [3.63, 3.8) is 0 Å². The molecule has 2 fully saturated rings. The van der Waals surface area contributed by atoms with Crippen LogP contribution in [0.2, 0.25) is 0 Å². The smallest absolute Gasteiger partial charge is 0.247 e. The van der Waals surface area contributed by atoms with Crippen molar-refractivity contribution >= 4 is 17.7 Å². The van der Waals surface area contributed by atoms with Crippen LogP contribution in [0.3, 0.4) is 0 Å². The number of hydrogen-bond acceptors (Lipinski definition) is 3. The molecule has 3 rings (SSSR count). The molecule has 7 heteroatoms. The zero-order valence-electron chi connectivity index (χ0n) is 14.0. The molecule has 0 aromatic heterocycles. The van der Waals surface area contributed by atoms with E-state index in [1.165, 1.54) is 23.1 Å². The average Bonchev–Trinajstić information content (AvgIpc) is 2.99. The van der Waals surface area contributed by atoms with E-state index >= 15 is 0 Å². The molecule has 1 aromatic carbocycles. The molecule has 134 valence electrons. The lowest BCUT2D eigenvalue weighted by Gasteiger charge is -2.35. The van der Waals surface area contributed by atoms with Gasteiger partial charge in [-0.25, -0.2) is 4.39 Å². The standard InChI is InChI=1S/C18H22FN3O3/c19-14-5-1-4-13(12-14)17-18(25)20-8-11-22(17)16(24)7-3-10-21-9-2-6-15(21)23/h1,4-5,12,17H,2-3,6-11H2,(H,20,25). The van der Waals surface area contributed by atoms with E-state index in [0.29, 0.717) is 38.0 Å². The van der Waals surface area contributed by atoms with Crippen molar-refractivity contribution in [3.05, 3.63) is 35.6 Å². The van der Waals surface area contributed by atoms with Gasteiger partial charge in [0.25, 0.3) is 0 Å². The third-order valence-electron chi connectivity index (χ3n) is 4.69. The molecule has 1 N–H and O–H groups in total. The lowest BCUT2D eigenvalue weighted by Crippen LogP contribution is -2.52. The highest BCUT2D eigenvalue weighted by Crippen LogP contribution is 2.25. The molecule has 1 atom stereocenters. The van der Waals surface area contributed by atoms with Crippen molar-refractivity contribution in [1.82, 2.24) is 15.1 Å². The SMILES string of the molecule is O=C1NCCN(C(=O)CCCN2CCCC2=O)C1c1cccc(F)c1. The third kappa shape index (κ3) is 3.97. The van der Waals surface area contributed by atoms with E-state index in [0.717, 1.165) is 13.0 Å². The van der Waals surface area contributed by atoms with Gasteiger partial charge < -0.3 is 15.1 Å². The van der Waals surface area contributed by atoms with Crippen molar-refractivity contribution in [2.24, 2.45) is 0 Å². The maximum atomic E-state index is 13.5. The number of benzene rings is 1. The molecular formula is C18H22FN3O3. The first-order chi connectivity index (χ1) is 12.1. The van der Waals surface area contributed by atoms with Crippen LogP contribution >= 0.6 is 0 Å². The largest absolute Gasteiger partial charge is 0.352 e. The number of piperazine rings is 1. The van der Waals surface area contributed by atoms with Gasteiger partial charge in [-0.1, -0.05) is 12.1 Å². The molecule has 1 aromatic rings. The number of carbonyl (C=O) groups is 3. The highest BCUT2D eigenvalue weighted by Gasteiger charge is 2.34. The highest BCUT2D eigenvalue weighted by atomic mass is 19.1. The summed E-state index contributed by atoms with van der Waals surface area (Å²) in [7, 11) is 0. The van der Waals surface area contributed by atoms with Gasteiger partial charge in [0.1, 0.15) is 11.9 Å².